The first-order valence-corrected chi connectivity index (χ1v) is 13.7. The van der Waals surface area contributed by atoms with Gasteiger partial charge in [-0.3, -0.25) is 9.62 Å². The lowest BCUT2D eigenvalue weighted by atomic mass is 9.96. The first kappa shape index (κ1) is 25.1. The van der Waals surface area contributed by atoms with Crippen molar-refractivity contribution < 1.29 is 16.8 Å². The summed E-state index contributed by atoms with van der Waals surface area (Å²) in [5.74, 6) is 0. The predicted octanol–water partition coefficient (Wildman–Crippen LogP) is 3.22. The minimum absolute atomic E-state index is 0. The Morgan fingerprint density at radius 2 is 1.77 bits per heavy atom. The predicted molar refractivity (Wildman–Crippen MR) is 125 cm³/mol. The fourth-order valence-corrected chi connectivity index (χ4v) is 6.38. The number of halogens is 1. The van der Waals surface area contributed by atoms with Gasteiger partial charge in [0.25, 0.3) is 0 Å². The van der Waals surface area contributed by atoms with E-state index in [0.717, 1.165) is 19.2 Å². The van der Waals surface area contributed by atoms with E-state index in [9.17, 15) is 16.8 Å². The van der Waals surface area contributed by atoms with Crippen molar-refractivity contribution in [1.29, 1.82) is 0 Å². The summed E-state index contributed by atoms with van der Waals surface area (Å²) in [4.78, 5) is 3.95. The molecular formula is C19H28ClN3O4S3. The van der Waals surface area contributed by atoms with E-state index >= 15 is 0 Å². The molecule has 0 aliphatic carbocycles. The fraction of sp³-hybridized carbons (Fsp3) is 0.474. The second-order valence-corrected chi connectivity index (χ2v) is 11.9. The topological polar surface area (TPSA) is 95.6 Å². The van der Waals surface area contributed by atoms with Crippen LogP contribution in [-0.2, 0) is 26.5 Å². The van der Waals surface area contributed by atoms with Crippen molar-refractivity contribution in [2.75, 3.05) is 24.1 Å². The van der Waals surface area contributed by atoms with Crippen molar-refractivity contribution in [3.63, 3.8) is 0 Å². The molecule has 1 aliphatic heterocycles. The van der Waals surface area contributed by atoms with Gasteiger partial charge in [0.1, 0.15) is 0 Å². The summed E-state index contributed by atoms with van der Waals surface area (Å²) in [5, 5.41) is 2.14. The van der Waals surface area contributed by atoms with Crippen LogP contribution in [0.2, 0.25) is 0 Å². The third-order valence-corrected chi connectivity index (χ3v) is 8.30. The average Bonchev–Trinajstić information content (AvgIpc) is 3.08. The van der Waals surface area contributed by atoms with Crippen LogP contribution in [0.15, 0.2) is 40.6 Å². The van der Waals surface area contributed by atoms with Crippen molar-refractivity contribution in [3.05, 3.63) is 46.2 Å². The Morgan fingerprint density at radius 3 is 2.40 bits per heavy atom. The summed E-state index contributed by atoms with van der Waals surface area (Å²) in [6, 6.07) is 8.64. The molecule has 7 nitrogen and oxygen atoms in total. The molecule has 0 unspecified atom stereocenters. The van der Waals surface area contributed by atoms with E-state index in [1.807, 2.05) is 0 Å². The maximum atomic E-state index is 12.5. The Kier molecular flexibility index (Phi) is 8.34. The van der Waals surface area contributed by atoms with Gasteiger partial charge in [0.05, 0.1) is 11.2 Å². The van der Waals surface area contributed by atoms with Gasteiger partial charge in [0.15, 0.2) is 0 Å². The Balaban J connectivity index is 0.00000320. The zero-order valence-corrected chi connectivity index (χ0v) is 20.4. The van der Waals surface area contributed by atoms with E-state index in [1.54, 1.807) is 11.3 Å². The summed E-state index contributed by atoms with van der Waals surface area (Å²) in [6.07, 6.45) is 2.79. The number of hydrogen-bond acceptors (Lipinski definition) is 6. The van der Waals surface area contributed by atoms with Gasteiger partial charge in [-0.2, -0.15) is 0 Å². The Hall–Kier alpha value is -1.17. The molecule has 2 aromatic rings. The first-order valence-electron chi connectivity index (χ1n) is 9.46. The number of nitrogens with zero attached hydrogens (tertiary/aromatic N) is 1. The Bertz CT molecular complexity index is 1050. The van der Waals surface area contributed by atoms with E-state index in [4.69, 9.17) is 0 Å². The van der Waals surface area contributed by atoms with E-state index in [0.29, 0.717) is 30.7 Å². The van der Waals surface area contributed by atoms with Crippen LogP contribution < -0.4 is 9.44 Å². The van der Waals surface area contributed by atoms with Crippen molar-refractivity contribution in [2.24, 2.45) is 0 Å². The molecule has 1 aliphatic rings. The minimum atomic E-state index is -3.63. The minimum Gasteiger partial charge on any atom is -0.293 e. The maximum Gasteiger partial charge on any atom is 0.240 e. The molecule has 0 spiro atoms. The summed E-state index contributed by atoms with van der Waals surface area (Å²) in [7, 11) is -7.03. The number of benzene rings is 1. The van der Waals surface area contributed by atoms with Gasteiger partial charge in [-0.1, -0.05) is 0 Å². The van der Waals surface area contributed by atoms with Gasteiger partial charge >= 0.3 is 0 Å². The van der Waals surface area contributed by atoms with Crippen LogP contribution in [0.1, 0.15) is 36.8 Å². The summed E-state index contributed by atoms with van der Waals surface area (Å²) in [5.41, 5.74) is 1.76. The zero-order chi connectivity index (χ0) is 21.2. The zero-order valence-electron chi connectivity index (χ0n) is 17.2. The molecule has 0 amide bonds. The van der Waals surface area contributed by atoms with Gasteiger partial charge in [-0.15, -0.1) is 23.7 Å². The lowest BCUT2D eigenvalue weighted by Gasteiger charge is -2.38. The Morgan fingerprint density at radius 1 is 1.10 bits per heavy atom. The van der Waals surface area contributed by atoms with Gasteiger partial charge in [-0.05, 0) is 68.0 Å². The normalized spacial score (nSPS) is 19.7. The van der Waals surface area contributed by atoms with Crippen LogP contribution in [0.25, 0.3) is 0 Å². The number of thiophene rings is 1. The highest BCUT2D eigenvalue weighted by atomic mass is 35.5. The highest BCUT2D eigenvalue weighted by molar-refractivity contribution is 7.92. The number of nitrogens with one attached hydrogen (secondary N) is 2. The third-order valence-electron chi connectivity index (χ3n) is 5.09. The maximum absolute atomic E-state index is 12.5. The molecule has 11 heteroatoms. The van der Waals surface area contributed by atoms with Crippen LogP contribution in [0.5, 0.6) is 0 Å². The smallest absolute Gasteiger partial charge is 0.240 e. The number of fused-ring (bicyclic) bond motifs is 1. The van der Waals surface area contributed by atoms with E-state index in [1.165, 1.54) is 34.7 Å². The molecule has 0 bridgehead atoms. The van der Waals surface area contributed by atoms with Crippen LogP contribution in [0.3, 0.4) is 0 Å². The second kappa shape index (κ2) is 9.97. The standard InChI is InChI=1S/C19H27N3O4S3.ClH/c1-14-13-16-9-12-27-19(16)15(2)22(14)11-4-10-20-29(25,26)18-7-5-17(6-8-18)21-28(3,23)24;/h5-9,12,14-15,20-21H,4,10-11,13H2,1-3H3;1H/t14-,15+;/m1./s1. The monoisotopic (exact) mass is 493 g/mol. The highest BCUT2D eigenvalue weighted by Gasteiger charge is 2.29. The van der Waals surface area contributed by atoms with E-state index < -0.39 is 20.0 Å². The molecule has 1 aromatic heterocycles. The van der Waals surface area contributed by atoms with Crippen molar-refractivity contribution in [2.45, 2.75) is 43.7 Å². The van der Waals surface area contributed by atoms with Crippen molar-refractivity contribution >= 4 is 49.5 Å². The van der Waals surface area contributed by atoms with Gasteiger partial charge in [0, 0.05) is 35.7 Å². The molecule has 0 radical (unpaired) electrons. The molecule has 0 saturated carbocycles. The second-order valence-electron chi connectivity index (χ2n) is 7.43. The lowest BCUT2D eigenvalue weighted by Crippen LogP contribution is -2.41. The molecular weight excluding hydrogens is 466 g/mol. The summed E-state index contributed by atoms with van der Waals surface area (Å²) < 4.78 is 52.4. The Labute approximate surface area is 189 Å². The summed E-state index contributed by atoms with van der Waals surface area (Å²) in [6.45, 7) is 5.59. The molecule has 3 rings (SSSR count). The van der Waals surface area contributed by atoms with Crippen molar-refractivity contribution in [3.8, 4) is 0 Å². The van der Waals surface area contributed by atoms with Crippen molar-refractivity contribution in [1.82, 2.24) is 9.62 Å². The molecule has 30 heavy (non-hydrogen) atoms. The molecule has 2 N–H and O–H groups in total. The molecule has 0 fully saturated rings. The van der Waals surface area contributed by atoms with Crippen LogP contribution in [0, 0.1) is 0 Å². The molecule has 0 saturated heterocycles. The average molecular weight is 494 g/mol. The van der Waals surface area contributed by atoms with Crippen LogP contribution in [0.4, 0.5) is 5.69 Å². The quantitative estimate of drug-likeness (QED) is 0.550. The highest BCUT2D eigenvalue weighted by Crippen LogP contribution is 2.36. The molecule has 2 atom stereocenters. The van der Waals surface area contributed by atoms with Gasteiger partial charge in [-0.25, -0.2) is 21.6 Å². The lowest BCUT2D eigenvalue weighted by molar-refractivity contribution is 0.140. The first-order chi connectivity index (χ1) is 13.6. The number of sulfonamides is 2. The SMILES string of the molecule is C[C@@H]1Cc2ccsc2[C@H](C)N1CCCNS(=O)(=O)c1ccc(NS(C)(=O)=O)cc1.Cl. The molecule has 1 aromatic carbocycles. The fourth-order valence-electron chi connectivity index (χ4n) is 3.73. The summed E-state index contributed by atoms with van der Waals surface area (Å²) >= 11 is 1.79. The number of anilines is 1. The van der Waals surface area contributed by atoms with Crippen LogP contribution >= 0.6 is 23.7 Å². The number of hydrogen-bond donors (Lipinski definition) is 2. The largest absolute Gasteiger partial charge is 0.293 e. The molecule has 2 heterocycles. The van der Waals surface area contributed by atoms with Crippen LogP contribution in [-0.4, -0.2) is 47.1 Å². The number of rotatable bonds is 8. The van der Waals surface area contributed by atoms with Gasteiger partial charge < -0.3 is 0 Å². The van der Waals surface area contributed by atoms with E-state index in [2.05, 4.69) is 39.6 Å². The van der Waals surface area contributed by atoms with E-state index in [-0.39, 0.29) is 17.3 Å². The molecule has 168 valence electrons. The third kappa shape index (κ3) is 6.18. The van der Waals surface area contributed by atoms with Gasteiger partial charge in [0.2, 0.25) is 20.0 Å².